The summed E-state index contributed by atoms with van der Waals surface area (Å²) >= 11 is 3.49. The molecular formula is C14H15BrN2O2. The molecule has 5 heteroatoms. The van der Waals surface area contributed by atoms with Gasteiger partial charge < -0.3 is 14.8 Å². The van der Waals surface area contributed by atoms with E-state index in [0.717, 1.165) is 15.9 Å². The van der Waals surface area contributed by atoms with Crippen LogP contribution in [0.5, 0.6) is 11.5 Å². The van der Waals surface area contributed by atoms with Gasteiger partial charge in [-0.05, 0) is 28.1 Å². The van der Waals surface area contributed by atoms with Crippen molar-refractivity contribution in [3.63, 3.8) is 0 Å². The van der Waals surface area contributed by atoms with E-state index < -0.39 is 0 Å². The highest BCUT2D eigenvalue weighted by Gasteiger charge is 2.10. The summed E-state index contributed by atoms with van der Waals surface area (Å²) in [5, 5.41) is 3.31. The maximum Gasteiger partial charge on any atom is 0.184 e. The average molecular weight is 323 g/mol. The van der Waals surface area contributed by atoms with Crippen LogP contribution in [0.15, 0.2) is 41.0 Å². The van der Waals surface area contributed by atoms with E-state index in [1.165, 1.54) is 0 Å². The number of benzene rings is 1. The van der Waals surface area contributed by atoms with E-state index in [2.05, 4.69) is 26.2 Å². The van der Waals surface area contributed by atoms with Gasteiger partial charge in [0, 0.05) is 22.4 Å². The molecule has 0 amide bonds. The van der Waals surface area contributed by atoms with Crippen LogP contribution >= 0.6 is 15.9 Å². The normalized spacial score (nSPS) is 10.1. The molecule has 0 atom stereocenters. The van der Waals surface area contributed by atoms with Crippen molar-refractivity contribution in [3.8, 4) is 11.5 Å². The van der Waals surface area contributed by atoms with Crippen LogP contribution in [0, 0.1) is 0 Å². The Labute approximate surface area is 120 Å². The van der Waals surface area contributed by atoms with Gasteiger partial charge in [0.15, 0.2) is 11.5 Å². The van der Waals surface area contributed by atoms with E-state index in [4.69, 9.17) is 9.47 Å². The average Bonchev–Trinajstić information content (AvgIpc) is 2.45. The summed E-state index contributed by atoms with van der Waals surface area (Å²) in [6.45, 7) is 0.559. The van der Waals surface area contributed by atoms with Gasteiger partial charge in [-0.25, -0.2) is 0 Å². The Balaban J connectivity index is 2.18. The lowest BCUT2D eigenvalue weighted by Crippen LogP contribution is -2.05. The Bertz CT molecular complexity index is 561. The summed E-state index contributed by atoms with van der Waals surface area (Å²) in [5.41, 5.74) is 1.81. The van der Waals surface area contributed by atoms with Crippen LogP contribution < -0.4 is 14.8 Å². The summed E-state index contributed by atoms with van der Waals surface area (Å²) in [6, 6.07) is 9.71. The van der Waals surface area contributed by atoms with Crippen molar-refractivity contribution >= 4 is 21.6 Å². The molecule has 0 bridgehead atoms. The highest BCUT2D eigenvalue weighted by molar-refractivity contribution is 9.10. The molecule has 0 saturated carbocycles. The molecule has 0 aliphatic carbocycles. The summed E-state index contributed by atoms with van der Waals surface area (Å²) in [7, 11) is 3.23. The number of ether oxygens (including phenoxy) is 2. The number of nitrogens with one attached hydrogen (secondary N) is 1. The molecule has 0 aliphatic heterocycles. The maximum atomic E-state index is 5.35. The molecule has 19 heavy (non-hydrogen) atoms. The van der Waals surface area contributed by atoms with E-state index in [0.29, 0.717) is 18.0 Å². The van der Waals surface area contributed by atoms with Gasteiger partial charge >= 0.3 is 0 Å². The van der Waals surface area contributed by atoms with Gasteiger partial charge in [-0.2, -0.15) is 0 Å². The molecule has 1 heterocycles. The first-order valence-corrected chi connectivity index (χ1v) is 6.59. The van der Waals surface area contributed by atoms with Crippen molar-refractivity contribution < 1.29 is 9.47 Å². The quantitative estimate of drug-likeness (QED) is 0.915. The topological polar surface area (TPSA) is 43.4 Å². The third kappa shape index (κ3) is 3.17. The minimum atomic E-state index is 0.559. The van der Waals surface area contributed by atoms with Gasteiger partial charge in [0.25, 0.3) is 0 Å². The standard InChI is InChI=1S/C14H15BrN2O2/c1-18-13-7-8-16-12(14(13)19-2)9-17-11-6-4-3-5-10(11)15/h3-8,17H,9H2,1-2H3. The number of hydrogen-bond donors (Lipinski definition) is 1. The molecule has 2 rings (SSSR count). The van der Waals surface area contributed by atoms with Crippen molar-refractivity contribution in [2.75, 3.05) is 19.5 Å². The number of para-hydroxylation sites is 1. The molecule has 0 aliphatic rings. The van der Waals surface area contributed by atoms with E-state index in [-0.39, 0.29) is 0 Å². The fourth-order valence-corrected chi connectivity index (χ4v) is 2.19. The SMILES string of the molecule is COc1ccnc(CNc2ccccc2Br)c1OC. The van der Waals surface area contributed by atoms with Gasteiger partial charge in [-0.3, -0.25) is 4.98 Å². The second-order valence-electron chi connectivity index (χ2n) is 3.83. The van der Waals surface area contributed by atoms with Gasteiger partial charge in [-0.15, -0.1) is 0 Å². The van der Waals surface area contributed by atoms with Crippen molar-refractivity contribution in [1.29, 1.82) is 0 Å². The molecule has 4 nitrogen and oxygen atoms in total. The molecule has 1 aromatic carbocycles. The van der Waals surface area contributed by atoms with Gasteiger partial charge in [-0.1, -0.05) is 12.1 Å². The van der Waals surface area contributed by atoms with Crippen molar-refractivity contribution in [2.24, 2.45) is 0 Å². The Morgan fingerprint density at radius 3 is 2.63 bits per heavy atom. The fourth-order valence-electron chi connectivity index (χ4n) is 1.76. The number of pyridine rings is 1. The smallest absolute Gasteiger partial charge is 0.184 e. The van der Waals surface area contributed by atoms with E-state index in [1.54, 1.807) is 26.5 Å². The highest BCUT2D eigenvalue weighted by atomic mass is 79.9. The summed E-state index contributed by atoms with van der Waals surface area (Å²) < 4.78 is 11.6. The predicted octanol–water partition coefficient (Wildman–Crippen LogP) is 3.47. The largest absolute Gasteiger partial charge is 0.493 e. The molecule has 1 N–H and O–H groups in total. The Morgan fingerprint density at radius 1 is 1.16 bits per heavy atom. The van der Waals surface area contributed by atoms with Crippen LogP contribution in [0.4, 0.5) is 5.69 Å². The monoisotopic (exact) mass is 322 g/mol. The molecule has 2 aromatic rings. The van der Waals surface area contributed by atoms with Crippen LogP contribution in [0.2, 0.25) is 0 Å². The van der Waals surface area contributed by atoms with Crippen LogP contribution in [-0.2, 0) is 6.54 Å². The zero-order valence-corrected chi connectivity index (χ0v) is 12.4. The van der Waals surface area contributed by atoms with E-state index in [9.17, 15) is 0 Å². The Kier molecular flexibility index (Phi) is 4.63. The lowest BCUT2D eigenvalue weighted by molar-refractivity contribution is 0.350. The first-order valence-electron chi connectivity index (χ1n) is 5.80. The zero-order valence-electron chi connectivity index (χ0n) is 10.8. The fraction of sp³-hybridized carbons (Fsp3) is 0.214. The first kappa shape index (κ1) is 13.7. The number of methoxy groups -OCH3 is 2. The predicted molar refractivity (Wildman–Crippen MR) is 78.8 cm³/mol. The van der Waals surface area contributed by atoms with Crippen LogP contribution in [0.3, 0.4) is 0 Å². The number of nitrogens with zero attached hydrogens (tertiary/aromatic N) is 1. The summed E-state index contributed by atoms with van der Waals surface area (Å²) in [4.78, 5) is 4.32. The van der Waals surface area contributed by atoms with Crippen molar-refractivity contribution in [1.82, 2.24) is 4.98 Å². The van der Waals surface area contributed by atoms with Crippen LogP contribution in [0.1, 0.15) is 5.69 Å². The van der Waals surface area contributed by atoms with Crippen molar-refractivity contribution in [3.05, 3.63) is 46.7 Å². The van der Waals surface area contributed by atoms with Gasteiger partial charge in [0.1, 0.15) is 5.69 Å². The third-order valence-electron chi connectivity index (χ3n) is 2.69. The lowest BCUT2D eigenvalue weighted by atomic mass is 10.2. The lowest BCUT2D eigenvalue weighted by Gasteiger charge is -2.13. The first-order chi connectivity index (χ1) is 9.26. The number of anilines is 1. The van der Waals surface area contributed by atoms with Crippen molar-refractivity contribution in [2.45, 2.75) is 6.54 Å². The summed E-state index contributed by atoms with van der Waals surface area (Å²) in [6.07, 6.45) is 1.71. The number of rotatable bonds is 5. The molecule has 1 aromatic heterocycles. The molecule has 0 saturated heterocycles. The Hall–Kier alpha value is -1.75. The minimum Gasteiger partial charge on any atom is -0.493 e. The van der Waals surface area contributed by atoms with Crippen LogP contribution in [-0.4, -0.2) is 19.2 Å². The summed E-state index contributed by atoms with van der Waals surface area (Å²) in [5.74, 6) is 1.34. The molecule has 100 valence electrons. The molecular weight excluding hydrogens is 308 g/mol. The number of halogens is 1. The minimum absolute atomic E-state index is 0.559. The van der Waals surface area contributed by atoms with Crippen LogP contribution in [0.25, 0.3) is 0 Å². The second-order valence-corrected chi connectivity index (χ2v) is 4.68. The second kappa shape index (κ2) is 6.43. The zero-order chi connectivity index (χ0) is 13.7. The van der Waals surface area contributed by atoms with E-state index in [1.807, 2.05) is 24.3 Å². The molecule has 0 radical (unpaired) electrons. The third-order valence-corrected chi connectivity index (χ3v) is 3.38. The Morgan fingerprint density at radius 2 is 1.95 bits per heavy atom. The molecule has 0 fully saturated rings. The maximum absolute atomic E-state index is 5.35. The van der Waals surface area contributed by atoms with Gasteiger partial charge in [0.2, 0.25) is 0 Å². The molecule has 0 spiro atoms. The van der Waals surface area contributed by atoms with Gasteiger partial charge in [0.05, 0.1) is 20.8 Å². The number of hydrogen-bond acceptors (Lipinski definition) is 4. The molecule has 0 unspecified atom stereocenters. The number of aromatic nitrogens is 1. The highest BCUT2D eigenvalue weighted by Crippen LogP contribution is 2.30. The van der Waals surface area contributed by atoms with E-state index >= 15 is 0 Å².